The van der Waals surface area contributed by atoms with Gasteiger partial charge in [-0.25, -0.2) is 0 Å². The average Bonchev–Trinajstić information content (AvgIpc) is 2.25. The van der Waals surface area contributed by atoms with E-state index in [4.69, 9.17) is 11.6 Å². The second-order valence-corrected chi connectivity index (χ2v) is 4.96. The highest BCUT2D eigenvalue weighted by Crippen LogP contribution is 2.16. The Morgan fingerprint density at radius 2 is 2.19 bits per heavy atom. The Balaban J connectivity index is 2.79. The molecule has 1 aromatic carbocycles. The first kappa shape index (κ1) is 13.5. The predicted molar refractivity (Wildman–Crippen MR) is 71.6 cm³/mol. The van der Waals surface area contributed by atoms with E-state index in [2.05, 4.69) is 15.9 Å². The normalized spacial score (nSPS) is 10.2. The second-order valence-electron chi connectivity index (χ2n) is 3.73. The molecule has 4 heteroatoms. The maximum atomic E-state index is 12.1. The van der Waals surface area contributed by atoms with Gasteiger partial charge in [0.25, 0.3) is 5.91 Å². The summed E-state index contributed by atoms with van der Waals surface area (Å²) in [6.07, 6.45) is 0.953. The van der Waals surface area contributed by atoms with Gasteiger partial charge in [0.2, 0.25) is 0 Å². The van der Waals surface area contributed by atoms with Crippen molar-refractivity contribution < 1.29 is 4.79 Å². The zero-order valence-corrected chi connectivity index (χ0v) is 11.8. The minimum atomic E-state index is 0.0510. The van der Waals surface area contributed by atoms with E-state index in [0.29, 0.717) is 5.02 Å². The number of aryl methyl sites for hydroxylation is 1. The van der Waals surface area contributed by atoms with Crippen molar-refractivity contribution in [1.82, 2.24) is 4.90 Å². The number of carbonyl (C=O) groups excluding carboxylic acids is 1. The number of hydrogen-bond acceptors (Lipinski definition) is 1. The molecule has 2 nitrogen and oxygen atoms in total. The van der Waals surface area contributed by atoms with E-state index >= 15 is 0 Å². The van der Waals surface area contributed by atoms with Gasteiger partial charge in [0.15, 0.2) is 0 Å². The van der Waals surface area contributed by atoms with Gasteiger partial charge in [-0.2, -0.15) is 0 Å². The van der Waals surface area contributed by atoms with Crippen LogP contribution in [-0.2, 0) is 0 Å². The molecule has 16 heavy (non-hydrogen) atoms. The lowest BCUT2D eigenvalue weighted by Crippen LogP contribution is -2.28. The number of carbonyl (C=O) groups is 1. The molecular weight excluding hydrogens is 289 g/mol. The molecule has 0 aliphatic heterocycles. The number of amides is 1. The van der Waals surface area contributed by atoms with Crippen LogP contribution >= 0.6 is 27.5 Å². The van der Waals surface area contributed by atoms with Gasteiger partial charge in [-0.15, -0.1) is 0 Å². The molecular formula is C12H15BrClNO. The third-order valence-electron chi connectivity index (χ3n) is 2.39. The highest BCUT2D eigenvalue weighted by atomic mass is 79.9. The SMILES string of the molecule is Cc1cc(Cl)ccc1C(=O)N(C)CCCBr. The molecule has 0 spiro atoms. The van der Waals surface area contributed by atoms with Crippen LogP contribution in [0.1, 0.15) is 22.3 Å². The number of hydrogen-bond donors (Lipinski definition) is 0. The maximum absolute atomic E-state index is 12.1. The molecule has 0 bridgehead atoms. The Kier molecular flexibility index (Phi) is 5.29. The van der Waals surface area contributed by atoms with Crippen LogP contribution in [0.4, 0.5) is 0 Å². The van der Waals surface area contributed by atoms with Crippen molar-refractivity contribution in [2.75, 3.05) is 18.9 Å². The molecule has 88 valence electrons. The summed E-state index contributed by atoms with van der Waals surface area (Å²) in [5, 5.41) is 1.57. The molecule has 0 aliphatic carbocycles. The zero-order chi connectivity index (χ0) is 12.1. The summed E-state index contributed by atoms with van der Waals surface area (Å²) in [7, 11) is 1.82. The van der Waals surface area contributed by atoms with Gasteiger partial charge in [-0.1, -0.05) is 27.5 Å². The third-order valence-corrected chi connectivity index (χ3v) is 3.19. The number of alkyl halides is 1. The van der Waals surface area contributed by atoms with E-state index in [1.807, 2.05) is 20.0 Å². The molecule has 0 atom stereocenters. The maximum Gasteiger partial charge on any atom is 0.253 e. The number of benzene rings is 1. The predicted octanol–water partition coefficient (Wildman–Crippen LogP) is 3.51. The lowest BCUT2D eigenvalue weighted by atomic mass is 10.1. The summed E-state index contributed by atoms with van der Waals surface area (Å²) in [5.74, 6) is 0.0510. The van der Waals surface area contributed by atoms with E-state index in [0.717, 1.165) is 29.4 Å². The molecule has 0 aromatic heterocycles. The molecule has 0 unspecified atom stereocenters. The zero-order valence-electron chi connectivity index (χ0n) is 9.46. The first-order chi connectivity index (χ1) is 7.56. The first-order valence-electron chi connectivity index (χ1n) is 5.14. The van der Waals surface area contributed by atoms with Crippen molar-refractivity contribution in [3.63, 3.8) is 0 Å². The van der Waals surface area contributed by atoms with E-state index in [1.165, 1.54) is 0 Å². The average molecular weight is 305 g/mol. The van der Waals surface area contributed by atoms with Gasteiger partial charge in [0, 0.05) is 29.5 Å². The van der Waals surface area contributed by atoms with E-state index in [9.17, 15) is 4.79 Å². The number of halogens is 2. The van der Waals surface area contributed by atoms with Crippen LogP contribution in [-0.4, -0.2) is 29.7 Å². The molecule has 0 aliphatic rings. The highest BCUT2D eigenvalue weighted by Gasteiger charge is 2.13. The van der Waals surface area contributed by atoms with Crippen LogP contribution in [0.3, 0.4) is 0 Å². The molecule has 0 N–H and O–H groups in total. The fourth-order valence-corrected chi connectivity index (χ4v) is 1.95. The lowest BCUT2D eigenvalue weighted by Gasteiger charge is -2.17. The summed E-state index contributed by atoms with van der Waals surface area (Å²) >= 11 is 9.21. The van der Waals surface area contributed by atoms with Crippen LogP contribution in [0.25, 0.3) is 0 Å². The van der Waals surface area contributed by atoms with Crippen LogP contribution in [0.2, 0.25) is 5.02 Å². The van der Waals surface area contributed by atoms with Crippen molar-refractivity contribution in [2.24, 2.45) is 0 Å². The summed E-state index contributed by atoms with van der Waals surface area (Å²) in [4.78, 5) is 13.8. The molecule has 1 aromatic rings. The Bertz CT molecular complexity index is 381. The van der Waals surface area contributed by atoms with Crippen LogP contribution in [0, 0.1) is 6.92 Å². The van der Waals surface area contributed by atoms with Gasteiger partial charge in [-0.3, -0.25) is 4.79 Å². The van der Waals surface area contributed by atoms with Crippen molar-refractivity contribution in [3.05, 3.63) is 34.3 Å². The Morgan fingerprint density at radius 1 is 1.50 bits per heavy atom. The van der Waals surface area contributed by atoms with Gasteiger partial charge in [0.05, 0.1) is 0 Å². The van der Waals surface area contributed by atoms with Crippen molar-refractivity contribution >= 4 is 33.4 Å². The summed E-state index contributed by atoms with van der Waals surface area (Å²) in [6, 6.07) is 5.35. The molecule has 1 rings (SSSR count). The van der Waals surface area contributed by atoms with Gasteiger partial charge < -0.3 is 4.90 Å². The Morgan fingerprint density at radius 3 is 2.75 bits per heavy atom. The van der Waals surface area contributed by atoms with Gasteiger partial charge >= 0.3 is 0 Å². The molecule has 0 saturated carbocycles. The Labute approximate surface area is 110 Å². The smallest absolute Gasteiger partial charge is 0.253 e. The molecule has 0 saturated heterocycles. The fraction of sp³-hybridized carbons (Fsp3) is 0.417. The van der Waals surface area contributed by atoms with Gasteiger partial charge in [-0.05, 0) is 37.1 Å². The standard InChI is InChI=1S/C12H15BrClNO/c1-9-8-10(14)4-5-11(9)12(16)15(2)7-3-6-13/h4-5,8H,3,6-7H2,1-2H3. The number of rotatable bonds is 4. The van der Waals surface area contributed by atoms with Crippen molar-refractivity contribution in [1.29, 1.82) is 0 Å². The van der Waals surface area contributed by atoms with Gasteiger partial charge in [0.1, 0.15) is 0 Å². The second kappa shape index (κ2) is 6.26. The van der Waals surface area contributed by atoms with E-state index in [1.54, 1.807) is 17.0 Å². The van der Waals surface area contributed by atoms with E-state index in [-0.39, 0.29) is 5.91 Å². The van der Waals surface area contributed by atoms with Crippen LogP contribution in [0.15, 0.2) is 18.2 Å². The Hall–Kier alpha value is -0.540. The van der Waals surface area contributed by atoms with Crippen molar-refractivity contribution in [2.45, 2.75) is 13.3 Å². The van der Waals surface area contributed by atoms with E-state index < -0.39 is 0 Å². The first-order valence-corrected chi connectivity index (χ1v) is 6.63. The third kappa shape index (κ3) is 3.49. The topological polar surface area (TPSA) is 20.3 Å². The number of nitrogens with zero attached hydrogens (tertiary/aromatic N) is 1. The monoisotopic (exact) mass is 303 g/mol. The minimum absolute atomic E-state index is 0.0510. The molecule has 0 fully saturated rings. The molecule has 1 amide bonds. The quantitative estimate of drug-likeness (QED) is 0.780. The fourth-order valence-electron chi connectivity index (χ4n) is 1.47. The molecule has 0 heterocycles. The summed E-state index contributed by atoms with van der Waals surface area (Å²) < 4.78 is 0. The highest BCUT2D eigenvalue weighted by molar-refractivity contribution is 9.09. The van der Waals surface area contributed by atoms with Crippen molar-refractivity contribution in [3.8, 4) is 0 Å². The van der Waals surface area contributed by atoms with Crippen LogP contribution < -0.4 is 0 Å². The summed E-state index contributed by atoms with van der Waals surface area (Å²) in [5.41, 5.74) is 1.64. The summed E-state index contributed by atoms with van der Waals surface area (Å²) in [6.45, 7) is 2.66. The largest absolute Gasteiger partial charge is 0.342 e. The minimum Gasteiger partial charge on any atom is -0.342 e. The van der Waals surface area contributed by atoms with Crippen LogP contribution in [0.5, 0.6) is 0 Å². The lowest BCUT2D eigenvalue weighted by molar-refractivity contribution is 0.0795. The molecule has 0 radical (unpaired) electrons.